The topological polar surface area (TPSA) is 58.3 Å². The number of nitrogens with one attached hydrogen (secondary N) is 3. The van der Waals surface area contributed by atoms with Gasteiger partial charge in [0.05, 0.1) is 33.2 Å². The Morgan fingerprint density at radius 1 is 1.00 bits per heavy atom. The Morgan fingerprint density at radius 2 is 1.71 bits per heavy atom. The van der Waals surface area contributed by atoms with Crippen molar-refractivity contribution in [1.82, 2.24) is 4.90 Å². The van der Waals surface area contributed by atoms with E-state index in [4.69, 9.17) is 0 Å². The van der Waals surface area contributed by atoms with Gasteiger partial charge in [0.25, 0.3) is 11.8 Å². The van der Waals surface area contributed by atoms with Crippen LogP contribution in [-0.2, 0) is 16.1 Å². The van der Waals surface area contributed by atoms with Crippen molar-refractivity contribution < 1.29 is 19.4 Å². The molecule has 166 valence electrons. The van der Waals surface area contributed by atoms with E-state index in [0.29, 0.717) is 6.54 Å². The Morgan fingerprint density at radius 3 is 2.39 bits per heavy atom. The number of nitrogens with zero attached hydrogens (tertiary/aromatic N) is 1. The lowest BCUT2D eigenvalue weighted by Crippen LogP contribution is -3.14. The van der Waals surface area contributed by atoms with Gasteiger partial charge >= 0.3 is 0 Å². The minimum absolute atomic E-state index is 0.0651. The Kier molecular flexibility index (Phi) is 7.82. The van der Waals surface area contributed by atoms with Crippen molar-refractivity contribution in [1.29, 1.82) is 0 Å². The first-order chi connectivity index (χ1) is 14.8. The van der Waals surface area contributed by atoms with Gasteiger partial charge in [-0.15, -0.1) is 0 Å². The number of rotatable bonds is 7. The molecule has 3 N–H and O–H groups in total. The zero-order chi connectivity index (χ0) is 22.4. The number of piperazine rings is 1. The van der Waals surface area contributed by atoms with Gasteiger partial charge in [-0.2, -0.15) is 0 Å². The van der Waals surface area contributed by atoms with Crippen LogP contribution < -0.4 is 15.1 Å². The molecule has 1 fully saturated rings. The van der Waals surface area contributed by atoms with E-state index in [1.54, 1.807) is 0 Å². The predicted molar refractivity (Wildman–Crippen MR) is 123 cm³/mol. The van der Waals surface area contributed by atoms with Gasteiger partial charge in [0.1, 0.15) is 6.54 Å². The van der Waals surface area contributed by atoms with Gasteiger partial charge in [-0.25, -0.2) is 0 Å². The Bertz CT molecular complexity index is 919. The van der Waals surface area contributed by atoms with Crippen molar-refractivity contribution in [3.8, 4) is 0 Å². The van der Waals surface area contributed by atoms with Gasteiger partial charge in [0.2, 0.25) is 0 Å². The maximum absolute atomic E-state index is 12.7. The lowest BCUT2D eigenvalue weighted by molar-refractivity contribution is -0.917. The molecule has 1 heterocycles. The van der Waals surface area contributed by atoms with Crippen LogP contribution >= 0.6 is 0 Å². The monoisotopic (exact) mass is 424 g/mol. The second kappa shape index (κ2) is 10.6. The highest BCUT2D eigenvalue weighted by Crippen LogP contribution is 2.15. The summed E-state index contributed by atoms with van der Waals surface area (Å²) in [5.41, 5.74) is 5.70. The molecule has 2 aromatic carbocycles. The van der Waals surface area contributed by atoms with Gasteiger partial charge in [-0.1, -0.05) is 47.5 Å². The lowest BCUT2D eigenvalue weighted by Gasteiger charge is -2.32. The number of benzene rings is 2. The van der Waals surface area contributed by atoms with E-state index in [1.807, 2.05) is 37.9 Å². The van der Waals surface area contributed by atoms with Crippen LogP contribution in [0.15, 0.2) is 42.5 Å². The summed E-state index contributed by atoms with van der Waals surface area (Å²) in [5.74, 6) is 0.0658. The summed E-state index contributed by atoms with van der Waals surface area (Å²) in [6.07, 6.45) is 0. The van der Waals surface area contributed by atoms with E-state index in [-0.39, 0.29) is 18.4 Å². The van der Waals surface area contributed by atoms with Gasteiger partial charge in [-0.05, 0) is 32.4 Å². The maximum Gasteiger partial charge on any atom is 0.279 e. The first-order valence-electron chi connectivity index (χ1n) is 11.2. The number of quaternary nitrogens is 2. The molecule has 1 aliphatic rings. The molecule has 0 saturated carbocycles. The molecule has 1 aliphatic heterocycles. The van der Waals surface area contributed by atoms with Crippen molar-refractivity contribution in [2.45, 2.75) is 27.3 Å². The highest BCUT2D eigenvalue weighted by atomic mass is 16.2. The number of hydrogen-bond acceptors (Lipinski definition) is 2. The van der Waals surface area contributed by atoms with Crippen molar-refractivity contribution in [3.63, 3.8) is 0 Å². The number of anilines is 1. The number of likely N-dealkylation sites (N-methyl/N-ethyl adjacent to an activating group) is 1. The van der Waals surface area contributed by atoms with Crippen molar-refractivity contribution in [2.75, 3.05) is 51.6 Å². The minimum Gasteiger partial charge on any atom is -0.328 e. The molecule has 0 aromatic heterocycles. The second-order valence-electron chi connectivity index (χ2n) is 8.97. The maximum atomic E-state index is 12.7. The summed E-state index contributed by atoms with van der Waals surface area (Å²) in [7, 11) is 1.90. The number of carbonyl (C=O) groups is 2. The number of hydrogen-bond donors (Lipinski definition) is 3. The Labute approximate surface area is 185 Å². The van der Waals surface area contributed by atoms with Crippen LogP contribution in [0, 0.1) is 20.8 Å². The van der Waals surface area contributed by atoms with Crippen LogP contribution in [0.4, 0.5) is 5.69 Å². The number of amides is 2. The minimum atomic E-state index is -0.0651. The highest BCUT2D eigenvalue weighted by Gasteiger charge is 2.26. The summed E-state index contributed by atoms with van der Waals surface area (Å²) < 4.78 is 0. The first-order valence-corrected chi connectivity index (χ1v) is 11.2. The van der Waals surface area contributed by atoms with Crippen LogP contribution in [0.3, 0.4) is 0 Å². The van der Waals surface area contributed by atoms with Gasteiger partial charge < -0.3 is 20.0 Å². The van der Waals surface area contributed by atoms with Crippen LogP contribution in [-0.4, -0.2) is 63.0 Å². The first kappa shape index (κ1) is 23.0. The summed E-state index contributed by atoms with van der Waals surface area (Å²) in [4.78, 5) is 29.5. The molecule has 1 unspecified atom stereocenters. The smallest absolute Gasteiger partial charge is 0.279 e. The standard InChI is InChI=1S/C25H34N4O2/c1-19-6-5-7-22(15-19)16-28-10-12-29(13-11-28)25(31)18-27(4)17-24(30)26-23-9-8-20(2)14-21(23)3/h5-9,14-15H,10-13,16-18H2,1-4H3,(H,26,30)/p+2. The molecule has 2 amide bonds. The molecule has 0 aliphatic carbocycles. The Balaban J connectivity index is 1.41. The van der Waals surface area contributed by atoms with E-state index in [1.165, 1.54) is 21.6 Å². The summed E-state index contributed by atoms with van der Waals surface area (Å²) in [5, 5.41) is 2.97. The summed E-state index contributed by atoms with van der Waals surface area (Å²) in [6, 6.07) is 14.6. The molecule has 1 saturated heterocycles. The van der Waals surface area contributed by atoms with Gasteiger partial charge in [0, 0.05) is 11.3 Å². The zero-order valence-corrected chi connectivity index (χ0v) is 19.3. The summed E-state index contributed by atoms with van der Waals surface area (Å²) in [6.45, 7) is 11.3. The molecule has 0 radical (unpaired) electrons. The van der Waals surface area contributed by atoms with Crippen molar-refractivity contribution in [3.05, 3.63) is 64.7 Å². The molecule has 0 bridgehead atoms. The third kappa shape index (κ3) is 6.91. The van der Waals surface area contributed by atoms with Crippen LogP contribution in [0.25, 0.3) is 0 Å². The third-order valence-corrected chi connectivity index (χ3v) is 5.93. The van der Waals surface area contributed by atoms with Crippen molar-refractivity contribution in [2.24, 2.45) is 0 Å². The molecular formula is C25H36N4O2+2. The number of aryl methyl sites for hydroxylation is 3. The quantitative estimate of drug-likeness (QED) is 0.586. The van der Waals surface area contributed by atoms with Gasteiger partial charge in [-0.3, -0.25) is 9.59 Å². The predicted octanol–water partition coefficient (Wildman–Crippen LogP) is -0.00764. The average molecular weight is 425 g/mol. The summed E-state index contributed by atoms with van der Waals surface area (Å²) >= 11 is 0. The van der Waals surface area contributed by atoms with Gasteiger partial charge in [0.15, 0.2) is 13.1 Å². The molecule has 31 heavy (non-hydrogen) atoms. The average Bonchev–Trinajstić information content (AvgIpc) is 2.70. The van der Waals surface area contributed by atoms with E-state index >= 15 is 0 Å². The third-order valence-electron chi connectivity index (χ3n) is 5.93. The fourth-order valence-electron chi connectivity index (χ4n) is 4.21. The van der Waals surface area contributed by atoms with E-state index in [2.05, 4.69) is 42.6 Å². The van der Waals surface area contributed by atoms with Crippen LogP contribution in [0.5, 0.6) is 0 Å². The largest absolute Gasteiger partial charge is 0.328 e. The van der Waals surface area contributed by atoms with E-state index in [9.17, 15) is 9.59 Å². The van der Waals surface area contributed by atoms with Crippen LogP contribution in [0.2, 0.25) is 0 Å². The van der Waals surface area contributed by atoms with Crippen LogP contribution in [0.1, 0.15) is 22.3 Å². The zero-order valence-electron chi connectivity index (χ0n) is 19.3. The van der Waals surface area contributed by atoms with Crippen molar-refractivity contribution >= 4 is 17.5 Å². The molecule has 2 aromatic rings. The molecule has 3 rings (SSSR count). The normalized spacial score (nSPS) is 15.5. The molecule has 6 heteroatoms. The molecule has 1 atom stereocenters. The fraction of sp³-hybridized carbons (Fsp3) is 0.440. The highest BCUT2D eigenvalue weighted by molar-refractivity contribution is 5.92. The molecular weight excluding hydrogens is 388 g/mol. The number of carbonyl (C=O) groups excluding carboxylic acids is 2. The van der Waals surface area contributed by atoms with E-state index in [0.717, 1.165) is 48.9 Å². The lowest BCUT2D eigenvalue weighted by atomic mass is 10.1. The molecule has 0 spiro atoms. The fourth-order valence-corrected chi connectivity index (χ4v) is 4.21. The molecule has 6 nitrogen and oxygen atoms in total. The Hall–Kier alpha value is -2.70. The van der Waals surface area contributed by atoms with E-state index < -0.39 is 0 Å². The second-order valence-corrected chi connectivity index (χ2v) is 8.97. The SMILES string of the molecule is Cc1cccc(C[NH+]2CCN(C(=O)C[NH+](C)CC(=O)Nc3ccc(C)cc3C)CC2)c1.